The lowest BCUT2D eigenvalue weighted by molar-refractivity contribution is -0.156. The third-order valence-electron chi connectivity index (χ3n) is 4.73. The van der Waals surface area contributed by atoms with Gasteiger partial charge in [0.2, 0.25) is 5.91 Å². The summed E-state index contributed by atoms with van der Waals surface area (Å²) in [6.45, 7) is 5.71. The summed E-state index contributed by atoms with van der Waals surface area (Å²) in [5.41, 5.74) is 0.828. The zero-order chi connectivity index (χ0) is 21.4. The van der Waals surface area contributed by atoms with Gasteiger partial charge in [0, 0.05) is 6.54 Å². The number of carbonyl (C=O) groups excluding carboxylic acids is 4. The summed E-state index contributed by atoms with van der Waals surface area (Å²) in [5.74, 6) is -2.30. The maximum atomic E-state index is 13.0. The van der Waals surface area contributed by atoms with E-state index in [4.69, 9.17) is 9.47 Å². The minimum absolute atomic E-state index is 0.0827. The number of ether oxygens (including phenoxy) is 2. The third-order valence-corrected chi connectivity index (χ3v) is 4.73. The average molecular weight is 404 g/mol. The number of carbonyl (C=O) groups is 4. The van der Waals surface area contributed by atoms with Gasteiger partial charge in [-0.05, 0) is 31.2 Å². The quantitative estimate of drug-likeness (QED) is 0.526. The molecule has 0 bridgehead atoms. The summed E-state index contributed by atoms with van der Waals surface area (Å²) in [4.78, 5) is 50.8. The first-order valence-electron chi connectivity index (χ1n) is 9.83. The SMILES string of the molecule is CCOC(=O)C(=O)[C@@H]1CCCN1C(=O)[C@@H](NC(=O)OCc1ccccc1)C(C)C. The van der Waals surface area contributed by atoms with Crippen LogP contribution in [0, 0.1) is 5.92 Å². The molecule has 158 valence electrons. The lowest BCUT2D eigenvalue weighted by Crippen LogP contribution is -2.54. The molecule has 0 aromatic heterocycles. The Labute approximate surface area is 170 Å². The Morgan fingerprint density at radius 2 is 1.83 bits per heavy atom. The van der Waals surface area contributed by atoms with Gasteiger partial charge in [0.15, 0.2) is 0 Å². The zero-order valence-corrected chi connectivity index (χ0v) is 17.1. The number of alkyl carbamates (subject to hydrolysis) is 1. The van der Waals surface area contributed by atoms with Crippen LogP contribution in [0.5, 0.6) is 0 Å². The van der Waals surface area contributed by atoms with Crippen LogP contribution in [0.1, 0.15) is 39.2 Å². The highest BCUT2D eigenvalue weighted by molar-refractivity contribution is 6.36. The fourth-order valence-electron chi connectivity index (χ4n) is 3.23. The van der Waals surface area contributed by atoms with Crippen molar-refractivity contribution < 1.29 is 28.7 Å². The average Bonchev–Trinajstić information content (AvgIpc) is 3.20. The summed E-state index contributed by atoms with van der Waals surface area (Å²) in [5, 5.41) is 2.60. The first-order chi connectivity index (χ1) is 13.8. The van der Waals surface area contributed by atoms with Crippen molar-refractivity contribution in [3.63, 3.8) is 0 Å². The van der Waals surface area contributed by atoms with E-state index in [1.807, 2.05) is 30.3 Å². The number of hydrogen-bond acceptors (Lipinski definition) is 6. The van der Waals surface area contributed by atoms with Gasteiger partial charge in [0.1, 0.15) is 18.7 Å². The molecule has 1 aliphatic rings. The lowest BCUT2D eigenvalue weighted by Gasteiger charge is -2.29. The Kier molecular flexibility index (Phi) is 8.18. The van der Waals surface area contributed by atoms with Crippen molar-refractivity contribution in [2.75, 3.05) is 13.2 Å². The fraction of sp³-hybridized carbons (Fsp3) is 0.524. The highest BCUT2D eigenvalue weighted by atomic mass is 16.5. The van der Waals surface area contributed by atoms with E-state index in [-0.39, 0.29) is 19.1 Å². The van der Waals surface area contributed by atoms with E-state index < -0.39 is 35.8 Å². The Morgan fingerprint density at radius 1 is 1.14 bits per heavy atom. The summed E-state index contributed by atoms with van der Waals surface area (Å²) >= 11 is 0. The van der Waals surface area contributed by atoms with Gasteiger partial charge in [-0.1, -0.05) is 44.2 Å². The molecule has 8 heteroatoms. The maximum absolute atomic E-state index is 13.0. The van der Waals surface area contributed by atoms with Crippen LogP contribution >= 0.6 is 0 Å². The molecule has 2 atom stereocenters. The molecular formula is C21H28N2O6. The van der Waals surface area contributed by atoms with Crippen LogP contribution < -0.4 is 5.32 Å². The standard InChI is InChI=1S/C21H28N2O6/c1-4-28-20(26)18(24)16-11-8-12-23(16)19(25)17(14(2)3)22-21(27)29-13-15-9-6-5-7-10-15/h5-7,9-10,14,16-17H,4,8,11-13H2,1-3H3,(H,22,27)/t16-,17-/m0/s1. The van der Waals surface area contributed by atoms with Crippen molar-refractivity contribution in [1.29, 1.82) is 0 Å². The molecule has 29 heavy (non-hydrogen) atoms. The van der Waals surface area contributed by atoms with Crippen molar-refractivity contribution in [2.24, 2.45) is 5.92 Å². The van der Waals surface area contributed by atoms with Crippen LogP contribution in [0.4, 0.5) is 4.79 Å². The summed E-state index contributed by atoms with van der Waals surface area (Å²) in [6, 6.07) is 7.47. The van der Waals surface area contributed by atoms with Crippen molar-refractivity contribution in [2.45, 2.75) is 52.3 Å². The van der Waals surface area contributed by atoms with E-state index in [1.165, 1.54) is 4.90 Å². The van der Waals surface area contributed by atoms with Gasteiger partial charge in [-0.25, -0.2) is 9.59 Å². The van der Waals surface area contributed by atoms with Crippen LogP contribution in [0.3, 0.4) is 0 Å². The number of ketones is 1. The smallest absolute Gasteiger partial charge is 0.408 e. The molecule has 1 heterocycles. The molecule has 1 aromatic carbocycles. The molecule has 2 rings (SSSR count). The van der Waals surface area contributed by atoms with Gasteiger partial charge in [0.05, 0.1) is 6.61 Å². The summed E-state index contributed by atoms with van der Waals surface area (Å²) in [6.07, 6.45) is 0.283. The molecule has 0 radical (unpaired) electrons. The number of benzene rings is 1. The highest BCUT2D eigenvalue weighted by Crippen LogP contribution is 2.21. The lowest BCUT2D eigenvalue weighted by atomic mass is 10.0. The van der Waals surface area contributed by atoms with E-state index >= 15 is 0 Å². The highest BCUT2D eigenvalue weighted by Gasteiger charge is 2.41. The number of Topliss-reactive ketones (excluding diaryl/α,β-unsaturated/α-hetero) is 1. The van der Waals surface area contributed by atoms with Crippen LogP contribution in [-0.4, -0.2) is 53.9 Å². The first kappa shape index (κ1) is 22.4. The van der Waals surface area contributed by atoms with E-state index in [1.54, 1.807) is 20.8 Å². The monoisotopic (exact) mass is 404 g/mol. The van der Waals surface area contributed by atoms with Gasteiger partial charge in [-0.15, -0.1) is 0 Å². The first-order valence-corrected chi connectivity index (χ1v) is 9.83. The number of likely N-dealkylation sites (tertiary alicyclic amines) is 1. The van der Waals surface area contributed by atoms with E-state index in [9.17, 15) is 19.2 Å². The molecule has 8 nitrogen and oxygen atoms in total. The fourth-order valence-corrected chi connectivity index (χ4v) is 3.23. The molecule has 0 saturated carbocycles. The number of esters is 1. The number of amides is 2. The van der Waals surface area contributed by atoms with E-state index in [0.717, 1.165) is 5.56 Å². The second-order valence-electron chi connectivity index (χ2n) is 7.20. The minimum atomic E-state index is -0.937. The van der Waals surface area contributed by atoms with Gasteiger partial charge in [-0.3, -0.25) is 9.59 Å². The zero-order valence-electron chi connectivity index (χ0n) is 17.1. The van der Waals surface area contributed by atoms with Crippen LogP contribution in [0.15, 0.2) is 30.3 Å². The maximum Gasteiger partial charge on any atom is 0.408 e. The van der Waals surface area contributed by atoms with Crippen LogP contribution in [0.2, 0.25) is 0 Å². The minimum Gasteiger partial charge on any atom is -0.460 e. The molecule has 1 aromatic rings. The predicted molar refractivity (Wildman–Crippen MR) is 105 cm³/mol. The van der Waals surface area contributed by atoms with Crippen LogP contribution in [0.25, 0.3) is 0 Å². The normalized spacial score (nSPS) is 17.0. The molecule has 1 saturated heterocycles. The van der Waals surface area contributed by atoms with Crippen LogP contribution in [-0.2, 0) is 30.5 Å². The van der Waals surface area contributed by atoms with Gasteiger partial charge in [-0.2, -0.15) is 0 Å². The third kappa shape index (κ3) is 6.04. The number of nitrogens with one attached hydrogen (secondary N) is 1. The molecule has 2 amide bonds. The van der Waals surface area contributed by atoms with Gasteiger partial charge < -0.3 is 19.7 Å². The molecule has 1 N–H and O–H groups in total. The molecular weight excluding hydrogens is 376 g/mol. The topological polar surface area (TPSA) is 102 Å². The number of nitrogens with zero attached hydrogens (tertiary/aromatic N) is 1. The van der Waals surface area contributed by atoms with Crippen molar-refractivity contribution in [3.05, 3.63) is 35.9 Å². The Hall–Kier alpha value is -2.90. The predicted octanol–water partition coefficient (Wildman–Crippen LogP) is 2.06. The molecule has 0 aliphatic carbocycles. The molecule has 1 aliphatic heterocycles. The van der Waals surface area contributed by atoms with Crippen molar-refractivity contribution in [1.82, 2.24) is 10.2 Å². The Bertz CT molecular complexity index is 734. The molecule has 1 fully saturated rings. The van der Waals surface area contributed by atoms with Crippen molar-refractivity contribution in [3.8, 4) is 0 Å². The molecule has 0 unspecified atom stereocenters. The molecule has 0 spiro atoms. The Morgan fingerprint density at radius 3 is 2.45 bits per heavy atom. The number of hydrogen-bond donors (Lipinski definition) is 1. The van der Waals surface area contributed by atoms with E-state index in [0.29, 0.717) is 19.4 Å². The second kappa shape index (κ2) is 10.6. The summed E-state index contributed by atoms with van der Waals surface area (Å²) < 4.78 is 9.98. The van der Waals surface area contributed by atoms with E-state index in [2.05, 4.69) is 5.32 Å². The Balaban J connectivity index is 2.01. The van der Waals surface area contributed by atoms with Gasteiger partial charge in [0.25, 0.3) is 5.78 Å². The number of rotatable bonds is 8. The van der Waals surface area contributed by atoms with Gasteiger partial charge >= 0.3 is 12.1 Å². The summed E-state index contributed by atoms with van der Waals surface area (Å²) in [7, 11) is 0. The second-order valence-corrected chi connectivity index (χ2v) is 7.20. The largest absolute Gasteiger partial charge is 0.460 e. The van der Waals surface area contributed by atoms with Crippen molar-refractivity contribution >= 4 is 23.8 Å².